The first kappa shape index (κ1) is 12.7. The van der Waals surface area contributed by atoms with E-state index in [0.717, 1.165) is 16.7 Å². The largest absolute Gasteiger partial charge is 0.466 e. The monoisotopic (exact) mass is 276 g/mol. The van der Waals surface area contributed by atoms with Gasteiger partial charge in [-0.2, -0.15) is 0 Å². The van der Waals surface area contributed by atoms with Crippen molar-refractivity contribution in [3.05, 3.63) is 22.6 Å². The molecule has 86 valence electrons. The first-order valence-corrected chi connectivity index (χ1v) is 5.53. The molecular formula is C10H17BrN2O2. The van der Waals surface area contributed by atoms with Crippen LogP contribution in [0.25, 0.3) is 0 Å². The molecule has 1 aromatic rings. The number of rotatable bonds is 5. The number of halogens is 1. The molecule has 0 saturated heterocycles. The van der Waals surface area contributed by atoms with Crippen LogP contribution in [0.5, 0.6) is 0 Å². The summed E-state index contributed by atoms with van der Waals surface area (Å²) in [5, 5.41) is 0. The van der Waals surface area contributed by atoms with Gasteiger partial charge in [-0.15, -0.1) is 0 Å². The van der Waals surface area contributed by atoms with E-state index in [1.165, 1.54) is 0 Å². The molecule has 0 aromatic carbocycles. The van der Waals surface area contributed by atoms with Crippen molar-refractivity contribution < 1.29 is 9.15 Å². The van der Waals surface area contributed by atoms with Crippen LogP contribution in [0.4, 0.5) is 0 Å². The molecule has 0 aliphatic carbocycles. The van der Waals surface area contributed by atoms with E-state index in [1.54, 1.807) is 13.4 Å². The predicted molar refractivity (Wildman–Crippen MR) is 62.2 cm³/mol. The van der Waals surface area contributed by atoms with Crippen molar-refractivity contribution in [2.75, 3.05) is 7.11 Å². The van der Waals surface area contributed by atoms with Crippen molar-refractivity contribution in [2.24, 2.45) is 5.84 Å². The predicted octanol–water partition coefficient (Wildman–Crippen LogP) is 2.36. The molecule has 1 heterocycles. The molecule has 1 aromatic heterocycles. The van der Waals surface area contributed by atoms with Crippen molar-refractivity contribution in [1.82, 2.24) is 5.43 Å². The second-order valence-corrected chi connectivity index (χ2v) is 4.87. The number of nitrogens with one attached hydrogen (secondary N) is 1. The van der Waals surface area contributed by atoms with E-state index in [2.05, 4.69) is 21.4 Å². The van der Waals surface area contributed by atoms with E-state index in [4.69, 9.17) is 15.0 Å². The number of hydrogen-bond donors (Lipinski definition) is 2. The second-order valence-electron chi connectivity index (χ2n) is 4.02. The minimum atomic E-state index is -0.247. The molecular weight excluding hydrogens is 260 g/mol. The molecule has 4 nitrogen and oxygen atoms in total. The van der Waals surface area contributed by atoms with Crippen molar-refractivity contribution in [3.63, 3.8) is 0 Å². The molecule has 5 heteroatoms. The van der Waals surface area contributed by atoms with Crippen LogP contribution in [0.3, 0.4) is 0 Å². The standard InChI is InChI=1S/C10H17BrN2O2/c1-10(2,14-3)6-8(13-12)9-7(11)4-5-15-9/h4-5,8,13H,6,12H2,1-3H3. The number of ether oxygens (including phenoxy) is 1. The summed E-state index contributed by atoms with van der Waals surface area (Å²) >= 11 is 3.41. The van der Waals surface area contributed by atoms with Gasteiger partial charge in [0.2, 0.25) is 0 Å². The summed E-state index contributed by atoms with van der Waals surface area (Å²) in [6, 6.07) is 1.78. The van der Waals surface area contributed by atoms with Gasteiger partial charge < -0.3 is 9.15 Å². The number of methoxy groups -OCH3 is 1. The van der Waals surface area contributed by atoms with Crippen LogP contribution in [0.15, 0.2) is 21.2 Å². The summed E-state index contributed by atoms with van der Waals surface area (Å²) in [5.41, 5.74) is 2.49. The van der Waals surface area contributed by atoms with Crippen LogP contribution in [-0.2, 0) is 4.74 Å². The fourth-order valence-electron chi connectivity index (χ4n) is 1.36. The van der Waals surface area contributed by atoms with Crippen molar-refractivity contribution in [2.45, 2.75) is 31.9 Å². The molecule has 1 unspecified atom stereocenters. The van der Waals surface area contributed by atoms with Crippen molar-refractivity contribution in [1.29, 1.82) is 0 Å². The van der Waals surface area contributed by atoms with Crippen LogP contribution in [0.2, 0.25) is 0 Å². The Kier molecular flexibility index (Phi) is 4.33. The number of nitrogens with two attached hydrogens (primary N) is 1. The van der Waals surface area contributed by atoms with Gasteiger partial charge in [0, 0.05) is 7.11 Å². The summed E-state index contributed by atoms with van der Waals surface area (Å²) in [6.45, 7) is 4.02. The maximum Gasteiger partial charge on any atom is 0.136 e. The van der Waals surface area contributed by atoms with E-state index in [1.807, 2.05) is 19.9 Å². The minimum Gasteiger partial charge on any atom is -0.466 e. The molecule has 3 N–H and O–H groups in total. The molecule has 0 fully saturated rings. The SMILES string of the molecule is COC(C)(C)CC(NN)c1occc1Br. The topological polar surface area (TPSA) is 60.4 Å². The minimum absolute atomic E-state index is 0.0654. The highest BCUT2D eigenvalue weighted by Crippen LogP contribution is 2.30. The van der Waals surface area contributed by atoms with Gasteiger partial charge in [0.05, 0.1) is 22.4 Å². The summed E-state index contributed by atoms with van der Waals surface area (Å²) in [6.07, 6.45) is 2.36. The maximum absolute atomic E-state index is 5.51. The van der Waals surface area contributed by atoms with Gasteiger partial charge >= 0.3 is 0 Å². The second kappa shape index (κ2) is 5.12. The lowest BCUT2D eigenvalue weighted by atomic mass is 9.98. The lowest BCUT2D eigenvalue weighted by Gasteiger charge is -2.27. The van der Waals surface area contributed by atoms with E-state index in [9.17, 15) is 0 Å². The summed E-state index contributed by atoms with van der Waals surface area (Å²) in [5.74, 6) is 6.30. The summed E-state index contributed by atoms with van der Waals surface area (Å²) in [4.78, 5) is 0. The highest BCUT2D eigenvalue weighted by Gasteiger charge is 2.26. The third-order valence-electron chi connectivity index (χ3n) is 2.41. The Labute approximate surface area is 98.3 Å². The van der Waals surface area contributed by atoms with Gasteiger partial charge in [0.15, 0.2) is 0 Å². The molecule has 0 aliphatic heterocycles. The zero-order chi connectivity index (χ0) is 11.5. The first-order valence-electron chi connectivity index (χ1n) is 4.74. The highest BCUT2D eigenvalue weighted by atomic mass is 79.9. The number of hydrazine groups is 1. The number of hydrogen-bond acceptors (Lipinski definition) is 4. The Morgan fingerprint density at radius 2 is 2.33 bits per heavy atom. The van der Waals surface area contributed by atoms with Gasteiger partial charge in [0.1, 0.15) is 5.76 Å². The molecule has 1 rings (SSSR count). The Morgan fingerprint density at radius 3 is 2.73 bits per heavy atom. The fraction of sp³-hybridized carbons (Fsp3) is 0.600. The molecule has 0 amide bonds. The Balaban J connectivity index is 2.77. The quantitative estimate of drug-likeness (QED) is 0.640. The molecule has 0 aliphatic rings. The average Bonchev–Trinajstić information content (AvgIpc) is 2.61. The van der Waals surface area contributed by atoms with Crippen LogP contribution >= 0.6 is 15.9 Å². The van der Waals surface area contributed by atoms with E-state index < -0.39 is 0 Å². The zero-order valence-corrected chi connectivity index (χ0v) is 10.8. The normalized spacial score (nSPS) is 14.2. The van der Waals surface area contributed by atoms with Gasteiger partial charge in [-0.05, 0) is 42.3 Å². The van der Waals surface area contributed by atoms with Gasteiger partial charge in [-0.1, -0.05) is 0 Å². The third-order valence-corrected chi connectivity index (χ3v) is 3.07. The van der Waals surface area contributed by atoms with Gasteiger partial charge in [0.25, 0.3) is 0 Å². The van der Waals surface area contributed by atoms with Crippen molar-refractivity contribution in [3.8, 4) is 0 Å². The van der Waals surface area contributed by atoms with Gasteiger partial charge in [-0.25, -0.2) is 5.43 Å². The van der Waals surface area contributed by atoms with E-state index in [-0.39, 0.29) is 11.6 Å². The summed E-state index contributed by atoms with van der Waals surface area (Å²) in [7, 11) is 1.69. The average molecular weight is 277 g/mol. The lowest BCUT2D eigenvalue weighted by Crippen LogP contribution is -2.35. The zero-order valence-electron chi connectivity index (χ0n) is 9.21. The Morgan fingerprint density at radius 1 is 1.67 bits per heavy atom. The van der Waals surface area contributed by atoms with Crippen LogP contribution < -0.4 is 11.3 Å². The third kappa shape index (κ3) is 3.31. The molecule has 15 heavy (non-hydrogen) atoms. The lowest BCUT2D eigenvalue weighted by molar-refractivity contribution is 0.00492. The smallest absolute Gasteiger partial charge is 0.136 e. The van der Waals surface area contributed by atoms with Crippen molar-refractivity contribution >= 4 is 15.9 Å². The number of furan rings is 1. The summed E-state index contributed by atoms with van der Waals surface area (Å²) < 4.78 is 11.6. The van der Waals surface area contributed by atoms with E-state index in [0.29, 0.717) is 0 Å². The molecule has 0 radical (unpaired) electrons. The maximum atomic E-state index is 5.51. The van der Waals surface area contributed by atoms with Crippen LogP contribution in [0.1, 0.15) is 32.1 Å². The molecule has 0 bridgehead atoms. The fourth-order valence-corrected chi connectivity index (χ4v) is 1.83. The highest BCUT2D eigenvalue weighted by molar-refractivity contribution is 9.10. The Hall–Kier alpha value is -0.360. The van der Waals surface area contributed by atoms with Crippen LogP contribution in [0, 0.1) is 0 Å². The first-order chi connectivity index (χ1) is 7.00. The Bertz CT molecular complexity index is 312. The van der Waals surface area contributed by atoms with Gasteiger partial charge in [-0.3, -0.25) is 5.84 Å². The molecule has 0 spiro atoms. The molecule has 1 atom stereocenters. The van der Waals surface area contributed by atoms with Crippen LogP contribution in [-0.4, -0.2) is 12.7 Å². The molecule has 0 saturated carbocycles. The van der Waals surface area contributed by atoms with E-state index >= 15 is 0 Å².